The van der Waals surface area contributed by atoms with Crippen LogP contribution in [0.4, 0.5) is 0 Å². The predicted molar refractivity (Wildman–Crippen MR) is 70.3 cm³/mol. The molecule has 0 radical (unpaired) electrons. The van der Waals surface area contributed by atoms with Crippen LogP contribution in [0.5, 0.6) is 0 Å². The molecule has 94 valence electrons. The molecule has 17 heavy (non-hydrogen) atoms. The van der Waals surface area contributed by atoms with Crippen LogP contribution in [0.1, 0.15) is 17.5 Å². The molecule has 3 N–H and O–H groups in total. The van der Waals surface area contributed by atoms with Gasteiger partial charge in [0.15, 0.2) is 0 Å². The monoisotopic (exact) mass is 253 g/mol. The fraction of sp³-hybridized carbons (Fsp3) is 0.538. The Morgan fingerprint density at radius 1 is 1.41 bits per heavy atom. The maximum atomic E-state index is 9.21. The molecule has 1 aliphatic rings. The number of benzene rings is 1. The molecule has 1 atom stereocenters. The third-order valence-corrected chi connectivity index (χ3v) is 4.09. The van der Waals surface area contributed by atoms with E-state index in [2.05, 4.69) is 23.5 Å². The van der Waals surface area contributed by atoms with Crippen molar-refractivity contribution in [2.45, 2.75) is 30.4 Å². The summed E-state index contributed by atoms with van der Waals surface area (Å²) in [7, 11) is 0. The highest BCUT2D eigenvalue weighted by molar-refractivity contribution is 7.99. The van der Waals surface area contributed by atoms with E-state index in [1.165, 1.54) is 34.6 Å². The van der Waals surface area contributed by atoms with Gasteiger partial charge in [0.2, 0.25) is 0 Å². The Labute approximate surface area is 106 Å². The van der Waals surface area contributed by atoms with Gasteiger partial charge in [-0.05, 0) is 35.8 Å². The average molecular weight is 253 g/mol. The minimum absolute atomic E-state index is 0.187. The zero-order valence-electron chi connectivity index (χ0n) is 9.85. The summed E-state index contributed by atoms with van der Waals surface area (Å²) >= 11 is 1.94. The van der Waals surface area contributed by atoms with E-state index in [4.69, 9.17) is 5.11 Å². The Balaban J connectivity index is 1.89. The van der Waals surface area contributed by atoms with Crippen LogP contribution >= 0.6 is 11.8 Å². The topological polar surface area (TPSA) is 52.5 Å². The molecule has 0 aromatic heterocycles. The first kappa shape index (κ1) is 12.9. The quantitative estimate of drug-likeness (QED) is 0.737. The summed E-state index contributed by atoms with van der Waals surface area (Å²) in [5.74, 6) is 1.23. The number of aliphatic hydroxyl groups excluding tert-OH is 2. The second-order valence-electron chi connectivity index (χ2n) is 4.36. The largest absolute Gasteiger partial charge is 0.394 e. The summed E-state index contributed by atoms with van der Waals surface area (Å²) in [6.07, 6.45) is 1.77. The molecule has 0 saturated heterocycles. The van der Waals surface area contributed by atoms with E-state index >= 15 is 0 Å². The molecule has 0 amide bonds. The van der Waals surface area contributed by atoms with E-state index in [1.54, 1.807) is 0 Å². The summed E-state index contributed by atoms with van der Waals surface area (Å²) in [6.45, 7) is 0.991. The molecule has 0 saturated carbocycles. The zero-order valence-corrected chi connectivity index (χ0v) is 10.7. The highest BCUT2D eigenvalue weighted by atomic mass is 32.2. The van der Waals surface area contributed by atoms with Gasteiger partial charge in [0.25, 0.3) is 0 Å². The first-order valence-electron chi connectivity index (χ1n) is 6.04. The van der Waals surface area contributed by atoms with Crippen molar-refractivity contribution < 1.29 is 10.2 Å². The van der Waals surface area contributed by atoms with Crippen molar-refractivity contribution in [3.63, 3.8) is 0 Å². The summed E-state index contributed by atoms with van der Waals surface area (Å²) in [5.41, 5.74) is 2.69. The van der Waals surface area contributed by atoms with Crippen LogP contribution in [0.3, 0.4) is 0 Å². The molecule has 1 aromatic carbocycles. The van der Waals surface area contributed by atoms with E-state index in [0.29, 0.717) is 6.54 Å². The van der Waals surface area contributed by atoms with Crippen LogP contribution in [-0.2, 0) is 13.0 Å². The first-order valence-corrected chi connectivity index (χ1v) is 7.02. The highest BCUT2D eigenvalue weighted by Gasteiger charge is 2.10. The number of fused-ring (bicyclic) bond motifs is 1. The van der Waals surface area contributed by atoms with Gasteiger partial charge in [0.05, 0.1) is 12.7 Å². The molecule has 1 aromatic rings. The SMILES string of the molecule is OCC(O)CNCc1ccc2c(c1)CCCS2. The highest BCUT2D eigenvalue weighted by Crippen LogP contribution is 2.30. The van der Waals surface area contributed by atoms with Gasteiger partial charge >= 0.3 is 0 Å². The van der Waals surface area contributed by atoms with Crippen molar-refractivity contribution in [2.24, 2.45) is 0 Å². The second-order valence-corrected chi connectivity index (χ2v) is 5.50. The summed E-state index contributed by atoms with van der Waals surface area (Å²) in [5, 5.41) is 21.1. The number of hydrogen-bond acceptors (Lipinski definition) is 4. The van der Waals surface area contributed by atoms with Crippen LogP contribution in [0.15, 0.2) is 23.1 Å². The minimum atomic E-state index is -0.664. The van der Waals surface area contributed by atoms with E-state index in [-0.39, 0.29) is 6.61 Å². The molecule has 0 bridgehead atoms. The van der Waals surface area contributed by atoms with Crippen molar-refractivity contribution in [3.05, 3.63) is 29.3 Å². The molecule has 1 aliphatic heterocycles. The standard InChI is InChI=1S/C13H19NO2S/c15-9-12(16)8-14-7-10-3-4-13-11(6-10)2-1-5-17-13/h3-4,6,12,14-16H,1-2,5,7-9H2. The zero-order chi connectivity index (χ0) is 12.1. The lowest BCUT2D eigenvalue weighted by molar-refractivity contribution is 0.0942. The van der Waals surface area contributed by atoms with Gasteiger partial charge in [0, 0.05) is 18.0 Å². The fourth-order valence-corrected chi connectivity index (χ4v) is 2.99. The van der Waals surface area contributed by atoms with Crippen LogP contribution in [0, 0.1) is 0 Å². The van der Waals surface area contributed by atoms with Crippen LogP contribution in [0.2, 0.25) is 0 Å². The molecule has 0 fully saturated rings. The first-order chi connectivity index (χ1) is 8.29. The third-order valence-electron chi connectivity index (χ3n) is 2.89. The molecule has 1 unspecified atom stereocenters. The van der Waals surface area contributed by atoms with Crippen molar-refractivity contribution in [1.29, 1.82) is 0 Å². The Bertz CT molecular complexity index is 370. The van der Waals surface area contributed by atoms with E-state index < -0.39 is 6.10 Å². The number of aliphatic hydroxyl groups is 2. The van der Waals surface area contributed by atoms with Gasteiger partial charge in [-0.2, -0.15) is 0 Å². The molecule has 1 heterocycles. The molecular formula is C13H19NO2S. The minimum Gasteiger partial charge on any atom is -0.394 e. The van der Waals surface area contributed by atoms with Gasteiger partial charge in [-0.15, -0.1) is 11.8 Å². The van der Waals surface area contributed by atoms with Crippen molar-refractivity contribution in [1.82, 2.24) is 5.32 Å². The van der Waals surface area contributed by atoms with E-state index in [1.807, 2.05) is 11.8 Å². The van der Waals surface area contributed by atoms with Gasteiger partial charge in [-0.25, -0.2) is 0 Å². The van der Waals surface area contributed by atoms with Crippen molar-refractivity contribution >= 4 is 11.8 Å². The number of aryl methyl sites for hydroxylation is 1. The van der Waals surface area contributed by atoms with Crippen LogP contribution in [0.25, 0.3) is 0 Å². The summed E-state index contributed by atoms with van der Waals surface area (Å²) < 4.78 is 0. The maximum absolute atomic E-state index is 9.21. The van der Waals surface area contributed by atoms with Gasteiger partial charge in [-0.3, -0.25) is 0 Å². The van der Waals surface area contributed by atoms with E-state index in [0.717, 1.165) is 6.54 Å². The van der Waals surface area contributed by atoms with Crippen LogP contribution < -0.4 is 5.32 Å². The normalized spacial score (nSPS) is 16.6. The van der Waals surface area contributed by atoms with Gasteiger partial charge < -0.3 is 15.5 Å². The number of thioether (sulfide) groups is 1. The maximum Gasteiger partial charge on any atom is 0.0895 e. The summed E-state index contributed by atoms with van der Waals surface area (Å²) in [4.78, 5) is 1.41. The van der Waals surface area contributed by atoms with Crippen molar-refractivity contribution in [2.75, 3.05) is 18.9 Å². The van der Waals surface area contributed by atoms with Crippen molar-refractivity contribution in [3.8, 4) is 0 Å². The molecule has 4 heteroatoms. The van der Waals surface area contributed by atoms with Crippen LogP contribution in [-0.4, -0.2) is 35.2 Å². The van der Waals surface area contributed by atoms with E-state index in [9.17, 15) is 5.11 Å². The second kappa shape index (κ2) is 6.40. The predicted octanol–water partition coefficient (Wildman–Crippen LogP) is 1.17. The Kier molecular flexibility index (Phi) is 4.86. The molecule has 2 rings (SSSR count). The molecular weight excluding hydrogens is 234 g/mol. The smallest absolute Gasteiger partial charge is 0.0895 e. The summed E-state index contributed by atoms with van der Waals surface area (Å²) in [6, 6.07) is 6.58. The Morgan fingerprint density at radius 3 is 3.12 bits per heavy atom. The lowest BCUT2D eigenvalue weighted by Gasteiger charge is -2.16. The molecule has 3 nitrogen and oxygen atoms in total. The van der Waals surface area contributed by atoms with Gasteiger partial charge in [0.1, 0.15) is 0 Å². The number of rotatable bonds is 5. The number of nitrogens with one attached hydrogen (secondary N) is 1. The lowest BCUT2D eigenvalue weighted by atomic mass is 10.1. The lowest BCUT2D eigenvalue weighted by Crippen LogP contribution is -2.28. The Hall–Kier alpha value is -0.550. The molecule has 0 spiro atoms. The van der Waals surface area contributed by atoms with Gasteiger partial charge in [-0.1, -0.05) is 12.1 Å². The Morgan fingerprint density at radius 2 is 2.29 bits per heavy atom. The average Bonchev–Trinajstić information content (AvgIpc) is 2.38. The fourth-order valence-electron chi connectivity index (χ4n) is 1.97. The third kappa shape index (κ3) is 3.71. The number of hydrogen-bond donors (Lipinski definition) is 3. The molecule has 0 aliphatic carbocycles.